The quantitative estimate of drug-likeness (QED) is 0.104. The molecule has 0 bridgehead atoms. The molecule has 0 aliphatic rings. The summed E-state index contributed by atoms with van der Waals surface area (Å²) in [5, 5.41) is 45.6. The van der Waals surface area contributed by atoms with E-state index in [9.17, 15) is 43.5 Å². The van der Waals surface area contributed by atoms with Gasteiger partial charge in [-0.3, -0.25) is 33.6 Å². The van der Waals surface area contributed by atoms with Crippen molar-refractivity contribution in [3.63, 3.8) is 0 Å². The Balaban J connectivity index is 2.26. The van der Waals surface area contributed by atoms with Gasteiger partial charge in [-0.15, -0.1) is 0 Å². The molecular formula is C25H29N5O12. The number of fused-ring (bicyclic) bond motifs is 1. The summed E-state index contributed by atoms with van der Waals surface area (Å²) in [6.45, 7) is 1.14. The van der Waals surface area contributed by atoms with Crippen LogP contribution in [0.25, 0.3) is 10.9 Å². The van der Waals surface area contributed by atoms with Gasteiger partial charge < -0.3 is 46.7 Å². The smallest absolute Gasteiger partial charge is 0.326 e. The molecule has 42 heavy (non-hydrogen) atoms. The van der Waals surface area contributed by atoms with E-state index in [-0.39, 0.29) is 6.42 Å². The van der Waals surface area contributed by atoms with Gasteiger partial charge in [0.1, 0.15) is 24.2 Å². The number of aliphatic carboxylic acids is 4. The van der Waals surface area contributed by atoms with Crippen LogP contribution in [-0.4, -0.2) is 97.1 Å². The van der Waals surface area contributed by atoms with E-state index in [0.717, 1.165) is 17.8 Å². The molecule has 0 saturated carbocycles. The van der Waals surface area contributed by atoms with Crippen LogP contribution in [0.3, 0.4) is 0 Å². The number of carboxylic acid groups (broad SMARTS) is 4. The average molecular weight is 592 g/mol. The van der Waals surface area contributed by atoms with E-state index in [2.05, 4.69) is 15.6 Å². The van der Waals surface area contributed by atoms with Gasteiger partial charge in [0.15, 0.2) is 0 Å². The molecule has 9 N–H and O–H groups in total. The molecule has 4 amide bonds. The summed E-state index contributed by atoms with van der Waals surface area (Å²) in [7, 11) is 0. The van der Waals surface area contributed by atoms with Gasteiger partial charge in [-0.1, -0.05) is 18.2 Å². The number of amides is 4. The van der Waals surface area contributed by atoms with Crippen molar-refractivity contribution < 1.29 is 58.8 Å². The van der Waals surface area contributed by atoms with Gasteiger partial charge in [0.25, 0.3) is 0 Å². The number of carboxylic acids is 4. The molecule has 0 fully saturated rings. The largest absolute Gasteiger partial charge is 0.481 e. The van der Waals surface area contributed by atoms with Crippen molar-refractivity contribution in [2.24, 2.45) is 0 Å². The third kappa shape index (κ3) is 9.92. The van der Waals surface area contributed by atoms with Gasteiger partial charge in [-0.05, 0) is 11.6 Å². The Kier molecular flexibility index (Phi) is 11.5. The maximum Gasteiger partial charge on any atom is 0.326 e. The molecule has 0 aliphatic heterocycles. The molecule has 2 aromatic rings. The number of H-pyrrole nitrogens is 1. The Morgan fingerprint density at radius 2 is 1.12 bits per heavy atom. The van der Waals surface area contributed by atoms with Crippen LogP contribution in [0.15, 0.2) is 30.5 Å². The third-order valence-corrected chi connectivity index (χ3v) is 5.81. The first kappa shape index (κ1) is 32.7. The van der Waals surface area contributed by atoms with E-state index in [1.54, 1.807) is 35.8 Å². The first-order valence-corrected chi connectivity index (χ1v) is 12.3. The van der Waals surface area contributed by atoms with E-state index in [1.165, 1.54) is 0 Å². The molecule has 0 radical (unpaired) electrons. The number of benzene rings is 1. The number of hydrogen-bond acceptors (Lipinski definition) is 8. The molecular weight excluding hydrogens is 562 g/mol. The van der Waals surface area contributed by atoms with Crippen LogP contribution in [0.1, 0.15) is 31.7 Å². The lowest BCUT2D eigenvalue weighted by molar-refractivity contribution is -0.148. The van der Waals surface area contributed by atoms with Crippen LogP contribution in [0, 0.1) is 0 Å². The zero-order valence-corrected chi connectivity index (χ0v) is 22.1. The van der Waals surface area contributed by atoms with Gasteiger partial charge in [-0.25, -0.2) is 4.79 Å². The number of aromatic nitrogens is 1. The predicted octanol–water partition coefficient (Wildman–Crippen LogP) is -1.82. The summed E-state index contributed by atoms with van der Waals surface area (Å²) >= 11 is 0. The number of aromatic amines is 1. The molecule has 0 saturated heterocycles. The highest BCUT2D eigenvalue weighted by atomic mass is 16.4. The number of rotatable bonds is 16. The Morgan fingerprint density at radius 1 is 0.667 bits per heavy atom. The standard InChI is InChI=1S/C25H29N5O12/c1-11(31)27-15(6-12-10-26-14-5-3-2-4-13(12)14)22(38)28-16(7-19(32)33)23(39)29-17(8-20(34)35)24(40)30-18(25(41)42)9-21(36)37/h2-5,10,15-18,26H,6-9H2,1H3,(H,27,31)(H,28,38)(H,29,39)(H,30,40)(H,32,33)(H,34,35)(H,36,37)(H,41,42)/t15-,16-,17-,18-/m0/s1. The zero-order chi connectivity index (χ0) is 31.6. The van der Waals surface area contributed by atoms with Crippen molar-refractivity contribution in [2.45, 2.75) is 56.8 Å². The second-order valence-corrected chi connectivity index (χ2v) is 9.13. The Morgan fingerprint density at radius 3 is 1.60 bits per heavy atom. The molecule has 2 rings (SSSR count). The fourth-order valence-electron chi connectivity index (χ4n) is 3.93. The van der Waals surface area contributed by atoms with Crippen LogP contribution < -0.4 is 21.3 Å². The number of carbonyl (C=O) groups is 8. The van der Waals surface area contributed by atoms with E-state index < -0.39 is 90.9 Å². The van der Waals surface area contributed by atoms with Crippen molar-refractivity contribution in [1.29, 1.82) is 0 Å². The maximum atomic E-state index is 13.2. The lowest BCUT2D eigenvalue weighted by atomic mass is 10.0. The van der Waals surface area contributed by atoms with E-state index in [0.29, 0.717) is 5.56 Å². The summed E-state index contributed by atoms with van der Waals surface area (Å²) in [6, 6.07) is -0.0140. The molecule has 1 aromatic heterocycles. The van der Waals surface area contributed by atoms with Crippen molar-refractivity contribution in [2.75, 3.05) is 0 Å². The molecule has 1 aromatic carbocycles. The molecule has 4 atom stereocenters. The summed E-state index contributed by atoms with van der Waals surface area (Å²) < 4.78 is 0. The minimum absolute atomic E-state index is 0.0684. The van der Waals surface area contributed by atoms with Crippen molar-refractivity contribution in [3.05, 3.63) is 36.0 Å². The molecule has 0 aliphatic carbocycles. The van der Waals surface area contributed by atoms with Crippen molar-refractivity contribution in [1.82, 2.24) is 26.3 Å². The maximum absolute atomic E-state index is 13.2. The number of carbonyl (C=O) groups excluding carboxylic acids is 4. The zero-order valence-electron chi connectivity index (χ0n) is 22.1. The van der Waals surface area contributed by atoms with Gasteiger partial charge in [-0.2, -0.15) is 0 Å². The van der Waals surface area contributed by atoms with Crippen LogP contribution in [0.5, 0.6) is 0 Å². The number of nitrogens with one attached hydrogen (secondary N) is 5. The Hall–Kier alpha value is -5.48. The van der Waals surface area contributed by atoms with Gasteiger partial charge in [0, 0.05) is 30.4 Å². The summed E-state index contributed by atoms with van der Waals surface area (Å²) in [5.41, 5.74) is 1.36. The fourth-order valence-corrected chi connectivity index (χ4v) is 3.93. The second kappa shape index (κ2) is 14.8. The van der Waals surface area contributed by atoms with Crippen LogP contribution in [0.2, 0.25) is 0 Å². The predicted molar refractivity (Wildman–Crippen MR) is 140 cm³/mol. The third-order valence-electron chi connectivity index (χ3n) is 5.81. The minimum Gasteiger partial charge on any atom is -0.481 e. The van der Waals surface area contributed by atoms with Crippen LogP contribution >= 0.6 is 0 Å². The van der Waals surface area contributed by atoms with Crippen molar-refractivity contribution in [3.8, 4) is 0 Å². The molecule has 0 unspecified atom stereocenters. The highest BCUT2D eigenvalue weighted by Crippen LogP contribution is 2.19. The topological polar surface area (TPSA) is 281 Å². The number of hydrogen-bond donors (Lipinski definition) is 9. The highest BCUT2D eigenvalue weighted by molar-refractivity contribution is 5.98. The molecule has 17 nitrogen and oxygen atoms in total. The van der Waals surface area contributed by atoms with E-state index in [4.69, 9.17) is 15.3 Å². The summed E-state index contributed by atoms with van der Waals surface area (Å²) in [6.07, 6.45) is -1.64. The highest BCUT2D eigenvalue weighted by Gasteiger charge is 2.34. The second-order valence-electron chi connectivity index (χ2n) is 9.13. The first-order chi connectivity index (χ1) is 19.7. The molecule has 1 heterocycles. The summed E-state index contributed by atoms with van der Waals surface area (Å²) in [4.78, 5) is 98.5. The molecule has 0 spiro atoms. The minimum atomic E-state index is -1.98. The summed E-state index contributed by atoms with van der Waals surface area (Å²) in [5.74, 6) is -10.8. The van der Waals surface area contributed by atoms with Crippen molar-refractivity contribution >= 4 is 58.4 Å². The number of para-hydroxylation sites is 1. The van der Waals surface area contributed by atoms with Gasteiger partial charge in [0.2, 0.25) is 23.6 Å². The van der Waals surface area contributed by atoms with E-state index in [1.807, 2.05) is 5.32 Å². The lowest BCUT2D eigenvalue weighted by Crippen LogP contribution is -2.58. The normalized spacial score (nSPS) is 13.5. The monoisotopic (exact) mass is 591 g/mol. The Bertz CT molecular complexity index is 1390. The van der Waals surface area contributed by atoms with Crippen LogP contribution in [0.4, 0.5) is 0 Å². The van der Waals surface area contributed by atoms with E-state index >= 15 is 0 Å². The van der Waals surface area contributed by atoms with Gasteiger partial charge in [0.05, 0.1) is 19.3 Å². The average Bonchev–Trinajstić information content (AvgIpc) is 3.28. The van der Waals surface area contributed by atoms with Gasteiger partial charge >= 0.3 is 23.9 Å². The fraction of sp³-hybridized carbons (Fsp3) is 0.360. The Labute approximate surface area is 236 Å². The molecule has 226 valence electrons. The molecule has 17 heteroatoms. The first-order valence-electron chi connectivity index (χ1n) is 12.3. The lowest BCUT2D eigenvalue weighted by Gasteiger charge is -2.24. The SMILES string of the molecule is CC(=O)N[C@@H](Cc1c[nH]c2ccccc12)C(=O)N[C@@H](CC(=O)O)C(=O)N[C@@H](CC(=O)O)C(=O)N[C@@H](CC(=O)O)C(=O)O. The van der Waals surface area contributed by atoms with Crippen LogP contribution in [-0.2, 0) is 44.8 Å².